The number of aromatic nitrogens is 3. The van der Waals surface area contributed by atoms with E-state index < -0.39 is 0 Å². The van der Waals surface area contributed by atoms with Gasteiger partial charge in [0.1, 0.15) is 22.9 Å². The molecule has 5 N–H and O–H groups in total. The van der Waals surface area contributed by atoms with Crippen molar-refractivity contribution in [1.29, 1.82) is 0 Å². The predicted molar refractivity (Wildman–Crippen MR) is 183 cm³/mol. The number of anilines is 2. The number of carbonyl (C=O) groups is 3. The molecule has 0 fully saturated rings. The molecule has 0 saturated carbocycles. The number of aliphatic imine (C=N–C) groups is 1. The second kappa shape index (κ2) is 15.3. The van der Waals surface area contributed by atoms with Crippen LogP contribution in [0.25, 0.3) is 0 Å². The third-order valence-corrected chi connectivity index (χ3v) is 7.44. The number of hydrogen-bond donors (Lipinski definition) is 4. The van der Waals surface area contributed by atoms with Crippen molar-refractivity contribution in [3.05, 3.63) is 89.8 Å². The highest BCUT2D eigenvalue weighted by Crippen LogP contribution is 2.22. The third kappa shape index (κ3) is 8.98. The molecule has 244 valence electrons. The summed E-state index contributed by atoms with van der Waals surface area (Å²) in [7, 11) is 7.47. The number of nitrogens with one attached hydrogen (secondary N) is 3. The Bertz CT molecular complexity index is 1690. The summed E-state index contributed by atoms with van der Waals surface area (Å²) in [4.78, 5) is 46.0. The van der Waals surface area contributed by atoms with Gasteiger partial charge in [-0.25, -0.2) is 4.99 Å². The van der Waals surface area contributed by atoms with E-state index in [4.69, 9.17) is 5.73 Å². The van der Waals surface area contributed by atoms with Crippen molar-refractivity contribution >= 4 is 40.6 Å². The minimum absolute atomic E-state index is 0.177. The Morgan fingerprint density at radius 3 is 2.11 bits per heavy atom. The van der Waals surface area contributed by atoms with Crippen molar-refractivity contribution in [2.45, 2.75) is 33.2 Å². The number of nitrogens with two attached hydrogens (primary N) is 1. The summed E-state index contributed by atoms with van der Waals surface area (Å²) in [6.07, 6.45) is 6.91. The smallest absolute Gasteiger partial charge is 0.272 e. The van der Waals surface area contributed by atoms with Crippen molar-refractivity contribution in [2.24, 2.45) is 30.7 Å². The summed E-state index contributed by atoms with van der Waals surface area (Å²) in [6, 6.07) is 14.4. The lowest BCUT2D eigenvalue weighted by Gasteiger charge is -2.12. The lowest BCUT2D eigenvalue weighted by molar-refractivity contribution is 0.0940. The molecule has 0 atom stereocenters. The molecular weight excluding hydrogens is 582 g/mol. The van der Waals surface area contributed by atoms with Crippen LogP contribution in [0.4, 0.5) is 17.1 Å². The molecule has 3 aromatic heterocycles. The first-order chi connectivity index (χ1) is 21.9. The summed E-state index contributed by atoms with van der Waals surface area (Å²) in [5.74, 6) is -0.100. The Hall–Kier alpha value is -5.10. The first kappa shape index (κ1) is 33.8. The van der Waals surface area contributed by atoms with E-state index in [0.717, 1.165) is 24.9 Å². The fourth-order valence-corrected chi connectivity index (χ4v) is 4.93. The quantitative estimate of drug-likeness (QED) is 0.0929. The van der Waals surface area contributed by atoms with E-state index >= 15 is 0 Å². The highest BCUT2D eigenvalue weighted by Gasteiger charge is 2.19. The number of benzene rings is 1. The highest BCUT2D eigenvalue weighted by molar-refractivity contribution is 6.07. The molecular formula is C34H45N9O3. The van der Waals surface area contributed by atoms with Crippen LogP contribution in [0.3, 0.4) is 0 Å². The van der Waals surface area contributed by atoms with Crippen LogP contribution in [-0.2, 0) is 20.6 Å². The van der Waals surface area contributed by atoms with Crippen LogP contribution in [0.1, 0.15) is 63.7 Å². The summed E-state index contributed by atoms with van der Waals surface area (Å²) in [5.41, 5.74) is 9.68. The lowest BCUT2D eigenvalue weighted by Crippen LogP contribution is -2.28. The maximum absolute atomic E-state index is 13.3. The first-order valence-corrected chi connectivity index (χ1v) is 15.4. The fraction of sp³-hybridized carbons (Fsp3) is 0.353. The van der Waals surface area contributed by atoms with Gasteiger partial charge in [-0.05, 0) is 57.6 Å². The molecule has 4 rings (SSSR count). The summed E-state index contributed by atoms with van der Waals surface area (Å²) in [5, 5.41) is 8.77. The van der Waals surface area contributed by atoms with Crippen LogP contribution in [0, 0.1) is 5.92 Å². The van der Waals surface area contributed by atoms with Gasteiger partial charge in [0.05, 0.1) is 17.1 Å². The van der Waals surface area contributed by atoms with E-state index in [2.05, 4.69) is 39.7 Å². The Morgan fingerprint density at radius 2 is 1.46 bits per heavy atom. The Labute approximate surface area is 270 Å². The van der Waals surface area contributed by atoms with E-state index in [1.165, 1.54) is 0 Å². The largest absolute Gasteiger partial charge is 0.383 e. The second-order valence-corrected chi connectivity index (χ2v) is 12.1. The number of nitrogens with zero attached hydrogens (tertiary/aromatic N) is 5. The van der Waals surface area contributed by atoms with Gasteiger partial charge in [-0.15, -0.1) is 0 Å². The molecule has 46 heavy (non-hydrogen) atoms. The minimum atomic E-state index is -0.367. The molecule has 0 aliphatic heterocycles. The molecule has 0 unspecified atom stereocenters. The van der Waals surface area contributed by atoms with Crippen LogP contribution >= 0.6 is 0 Å². The molecule has 0 bridgehead atoms. The van der Waals surface area contributed by atoms with Gasteiger partial charge >= 0.3 is 0 Å². The molecule has 0 aliphatic carbocycles. The molecule has 4 aromatic rings. The number of amides is 3. The van der Waals surface area contributed by atoms with Crippen LogP contribution in [0.15, 0.2) is 72.1 Å². The van der Waals surface area contributed by atoms with Crippen molar-refractivity contribution < 1.29 is 14.4 Å². The maximum atomic E-state index is 13.3. The van der Waals surface area contributed by atoms with Crippen LogP contribution < -0.4 is 21.7 Å². The van der Waals surface area contributed by atoms with Gasteiger partial charge in [-0.3, -0.25) is 14.4 Å². The molecule has 0 aliphatic rings. The van der Waals surface area contributed by atoms with E-state index in [9.17, 15) is 14.4 Å². The maximum Gasteiger partial charge on any atom is 0.272 e. The standard InChI is InChI=1S/C34H45N9O3/c1-23(2)13-16-43-22-27(19-30(43)32(44)36-14-10-15-40(3)4)39-34(46)29-18-26(21-42(29)6)38-33(45)28-17-25(20-41(28)5)37-31(35)24-11-8-7-9-12-24/h7-9,11-12,17-23H,10,13-16H2,1-6H3,(H2,35,37)(H,36,44)(H,38,45)(H,39,46). The van der Waals surface area contributed by atoms with Crippen molar-refractivity contribution in [2.75, 3.05) is 37.8 Å². The topological polar surface area (TPSA) is 144 Å². The van der Waals surface area contributed by atoms with Crippen LogP contribution in [0.2, 0.25) is 0 Å². The molecule has 0 spiro atoms. The summed E-state index contributed by atoms with van der Waals surface area (Å²) >= 11 is 0. The zero-order chi connectivity index (χ0) is 33.4. The monoisotopic (exact) mass is 627 g/mol. The van der Waals surface area contributed by atoms with Gasteiger partial charge in [0.15, 0.2) is 0 Å². The predicted octanol–water partition coefficient (Wildman–Crippen LogP) is 4.43. The second-order valence-electron chi connectivity index (χ2n) is 12.1. The summed E-state index contributed by atoms with van der Waals surface area (Å²) in [6.45, 7) is 6.35. The first-order valence-electron chi connectivity index (χ1n) is 15.4. The molecule has 3 heterocycles. The normalized spacial score (nSPS) is 11.7. The Morgan fingerprint density at radius 1 is 0.848 bits per heavy atom. The number of hydrogen-bond acceptors (Lipinski definition) is 5. The average Bonchev–Trinajstić information content (AvgIpc) is 3.70. The van der Waals surface area contributed by atoms with Gasteiger partial charge in [0.2, 0.25) is 0 Å². The van der Waals surface area contributed by atoms with E-state index in [0.29, 0.717) is 59.0 Å². The van der Waals surface area contributed by atoms with E-state index in [-0.39, 0.29) is 17.7 Å². The van der Waals surface area contributed by atoms with Gasteiger partial charge in [0, 0.05) is 51.3 Å². The van der Waals surface area contributed by atoms with Gasteiger partial charge in [-0.1, -0.05) is 44.2 Å². The zero-order valence-corrected chi connectivity index (χ0v) is 27.5. The zero-order valence-electron chi connectivity index (χ0n) is 27.5. The Kier molecular flexibility index (Phi) is 11.2. The van der Waals surface area contributed by atoms with E-state index in [1.807, 2.05) is 49.0 Å². The molecule has 3 amide bonds. The Balaban J connectivity index is 1.44. The molecule has 12 heteroatoms. The molecule has 12 nitrogen and oxygen atoms in total. The molecule has 0 saturated heterocycles. The SMILES string of the molecule is CC(C)CCn1cc(NC(=O)c2cc(NC(=O)c3cc(N=C(N)c4ccccc4)cn3C)cn2C)cc1C(=O)NCCCN(C)C. The van der Waals surface area contributed by atoms with Crippen LogP contribution in [-0.4, -0.2) is 69.3 Å². The number of aryl methyl sites for hydroxylation is 3. The van der Waals surface area contributed by atoms with Crippen molar-refractivity contribution in [3.8, 4) is 0 Å². The van der Waals surface area contributed by atoms with Gasteiger partial charge < -0.3 is 40.3 Å². The number of rotatable bonds is 14. The highest BCUT2D eigenvalue weighted by atomic mass is 16.2. The lowest BCUT2D eigenvalue weighted by atomic mass is 10.1. The van der Waals surface area contributed by atoms with Gasteiger partial charge in [0.25, 0.3) is 17.7 Å². The molecule has 0 radical (unpaired) electrons. The van der Waals surface area contributed by atoms with Crippen LogP contribution in [0.5, 0.6) is 0 Å². The van der Waals surface area contributed by atoms with Gasteiger partial charge in [-0.2, -0.15) is 0 Å². The fourth-order valence-electron chi connectivity index (χ4n) is 4.93. The van der Waals surface area contributed by atoms with Crippen molar-refractivity contribution in [3.63, 3.8) is 0 Å². The minimum Gasteiger partial charge on any atom is -0.383 e. The number of carbonyl (C=O) groups excluding carboxylic acids is 3. The van der Waals surface area contributed by atoms with Crippen molar-refractivity contribution in [1.82, 2.24) is 23.9 Å². The molecule has 1 aromatic carbocycles. The third-order valence-electron chi connectivity index (χ3n) is 7.44. The number of amidine groups is 1. The summed E-state index contributed by atoms with van der Waals surface area (Å²) < 4.78 is 5.20. The van der Waals surface area contributed by atoms with E-state index in [1.54, 1.807) is 60.0 Å². The average molecular weight is 628 g/mol.